The molecule has 0 amide bonds. The topological polar surface area (TPSA) is 3.24 Å². The zero-order valence-electron chi connectivity index (χ0n) is 11.5. The van der Waals surface area contributed by atoms with Crippen molar-refractivity contribution in [2.45, 2.75) is 59.3 Å². The average Bonchev–Trinajstić information content (AvgIpc) is 2.31. The Kier molecular flexibility index (Phi) is 12.2. The van der Waals surface area contributed by atoms with Crippen molar-refractivity contribution in [1.29, 1.82) is 0 Å². The van der Waals surface area contributed by atoms with Crippen LogP contribution in [0.15, 0.2) is 0 Å². The molecule has 0 aliphatic carbocycles. The first-order valence-electron chi connectivity index (χ1n) is 7.06. The quantitative estimate of drug-likeness (QED) is 0.499. The van der Waals surface area contributed by atoms with Crippen LogP contribution >= 0.6 is 15.9 Å². The summed E-state index contributed by atoms with van der Waals surface area (Å²) in [5.41, 5.74) is 0. The van der Waals surface area contributed by atoms with Crippen LogP contribution in [-0.2, 0) is 0 Å². The molecule has 0 aromatic heterocycles. The SMILES string of the molecule is CCCCN(CCCC)CC(CBr)CCC. The molecule has 1 atom stereocenters. The smallest absolute Gasteiger partial charge is 0.00718 e. The Bertz CT molecular complexity index is 131. The molecular formula is C14H30BrN. The minimum atomic E-state index is 0.846. The van der Waals surface area contributed by atoms with Gasteiger partial charge in [-0.25, -0.2) is 0 Å². The number of unbranched alkanes of at least 4 members (excludes halogenated alkanes) is 2. The highest BCUT2D eigenvalue weighted by Gasteiger charge is 2.11. The lowest BCUT2D eigenvalue weighted by atomic mass is 10.1. The van der Waals surface area contributed by atoms with Crippen LogP contribution in [0.5, 0.6) is 0 Å². The second-order valence-corrected chi connectivity index (χ2v) is 5.46. The van der Waals surface area contributed by atoms with E-state index < -0.39 is 0 Å². The Morgan fingerprint density at radius 3 is 1.88 bits per heavy atom. The van der Waals surface area contributed by atoms with E-state index in [-0.39, 0.29) is 0 Å². The zero-order valence-corrected chi connectivity index (χ0v) is 13.1. The molecule has 0 rings (SSSR count). The molecule has 0 aliphatic heterocycles. The normalized spacial score (nSPS) is 13.3. The second-order valence-electron chi connectivity index (χ2n) is 4.82. The van der Waals surface area contributed by atoms with Gasteiger partial charge >= 0.3 is 0 Å². The molecule has 16 heavy (non-hydrogen) atoms. The van der Waals surface area contributed by atoms with Crippen molar-refractivity contribution >= 4 is 15.9 Å². The third-order valence-electron chi connectivity index (χ3n) is 3.09. The van der Waals surface area contributed by atoms with Crippen LogP contribution in [0.25, 0.3) is 0 Å². The van der Waals surface area contributed by atoms with Crippen LogP contribution < -0.4 is 0 Å². The molecule has 0 aromatic carbocycles. The van der Waals surface area contributed by atoms with Crippen LogP contribution in [-0.4, -0.2) is 29.9 Å². The van der Waals surface area contributed by atoms with E-state index in [1.807, 2.05) is 0 Å². The molecule has 0 N–H and O–H groups in total. The zero-order chi connectivity index (χ0) is 12.2. The van der Waals surface area contributed by atoms with Gasteiger partial charge in [0.05, 0.1) is 0 Å². The van der Waals surface area contributed by atoms with Gasteiger partial charge in [-0.15, -0.1) is 0 Å². The first-order valence-corrected chi connectivity index (χ1v) is 8.18. The highest BCUT2D eigenvalue weighted by Crippen LogP contribution is 2.13. The van der Waals surface area contributed by atoms with Crippen molar-refractivity contribution in [1.82, 2.24) is 4.90 Å². The summed E-state index contributed by atoms with van der Waals surface area (Å²) in [7, 11) is 0. The number of hydrogen-bond acceptors (Lipinski definition) is 1. The van der Waals surface area contributed by atoms with Crippen molar-refractivity contribution in [2.24, 2.45) is 5.92 Å². The Labute approximate surface area is 111 Å². The van der Waals surface area contributed by atoms with Crippen LogP contribution in [0.3, 0.4) is 0 Å². The molecule has 1 nitrogen and oxygen atoms in total. The molecule has 0 saturated heterocycles. The molecule has 0 heterocycles. The van der Waals surface area contributed by atoms with Gasteiger partial charge in [-0.1, -0.05) is 56.0 Å². The first-order chi connectivity index (χ1) is 7.78. The fourth-order valence-electron chi connectivity index (χ4n) is 2.05. The maximum atomic E-state index is 3.66. The lowest BCUT2D eigenvalue weighted by molar-refractivity contribution is 0.227. The summed E-state index contributed by atoms with van der Waals surface area (Å²) in [6.07, 6.45) is 8.01. The summed E-state index contributed by atoms with van der Waals surface area (Å²) in [5, 5.41) is 1.16. The second kappa shape index (κ2) is 11.9. The Morgan fingerprint density at radius 1 is 0.938 bits per heavy atom. The number of halogens is 1. The van der Waals surface area contributed by atoms with Gasteiger partial charge in [-0.2, -0.15) is 0 Å². The third-order valence-corrected chi connectivity index (χ3v) is 4.00. The van der Waals surface area contributed by atoms with Crippen molar-refractivity contribution in [2.75, 3.05) is 25.0 Å². The van der Waals surface area contributed by atoms with E-state index in [1.54, 1.807) is 0 Å². The fourth-order valence-corrected chi connectivity index (χ4v) is 2.58. The van der Waals surface area contributed by atoms with Gasteiger partial charge in [0.25, 0.3) is 0 Å². The highest BCUT2D eigenvalue weighted by molar-refractivity contribution is 9.09. The minimum absolute atomic E-state index is 0.846. The highest BCUT2D eigenvalue weighted by atomic mass is 79.9. The molecule has 0 aromatic rings. The summed E-state index contributed by atoms with van der Waals surface area (Å²) in [5.74, 6) is 0.846. The molecule has 98 valence electrons. The summed E-state index contributed by atoms with van der Waals surface area (Å²) in [4.78, 5) is 2.68. The van der Waals surface area contributed by atoms with Crippen LogP contribution in [0.4, 0.5) is 0 Å². The monoisotopic (exact) mass is 291 g/mol. The third kappa shape index (κ3) is 8.58. The van der Waals surface area contributed by atoms with Crippen molar-refractivity contribution in [3.05, 3.63) is 0 Å². The molecule has 0 spiro atoms. The molecule has 0 aliphatic rings. The van der Waals surface area contributed by atoms with E-state index in [0.717, 1.165) is 11.2 Å². The van der Waals surface area contributed by atoms with Gasteiger partial charge in [-0.05, 0) is 38.3 Å². The molecule has 0 radical (unpaired) electrons. The van der Waals surface area contributed by atoms with Crippen LogP contribution in [0.1, 0.15) is 59.3 Å². The predicted molar refractivity (Wildman–Crippen MR) is 78.4 cm³/mol. The van der Waals surface area contributed by atoms with Crippen molar-refractivity contribution in [3.8, 4) is 0 Å². The summed E-state index contributed by atoms with van der Waals surface area (Å²) < 4.78 is 0. The van der Waals surface area contributed by atoms with E-state index >= 15 is 0 Å². The molecule has 0 bridgehead atoms. The van der Waals surface area contributed by atoms with E-state index in [4.69, 9.17) is 0 Å². The number of alkyl halides is 1. The van der Waals surface area contributed by atoms with E-state index in [0.29, 0.717) is 0 Å². The first kappa shape index (κ1) is 16.4. The van der Waals surface area contributed by atoms with Crippen molar-refractivity contribution < 1.29 is 0 Å². The van der Waals surface area contributed by atoms with Crippen LogP contribution in [0, 0.1) is 5.92 Å². The predicted octanol–water partition coefficient (Wildman–Crippen LogP) is 4.70. The molecule has 0 fully saturated rings. The Morgan fingerprint density at radius 2 is 1.50 bits per heavy atom. The molecule has 1 unspecified atom stereocenters. The van der Waals surface area contributed by atoms with Gasteiger partial charge in [0.2, 0.25) is 0 Å². The van der Waals surface area contributed by atoms with Gasteiger partial charge in [-0.3, -0.25) is 0 Å². The molecule has 0 saturated carbocycles. The maximum Gasteiger partial charge on any atom is 0.00718 e. The number of rotatable bonds is 11. The fraction of sp³-hybridized carbons (Fsp3) is 1.00. The average molecular weight is 292 g/mol. The van der Waals surface area contributed by atoms with E-state index in [2.05, 4.69) is 41.6 Å². The molecular weight excluding hydrogens is 262 g/mol. The van der Waals surface area contributed by atoms with E-state index in [1.165, 1.54) is 58.2 Å². The van der Waals surface area contributed by atoms with Gasteiger partial charge in [0, 0.05) is 11.9 Å². The Balaban J connectivity index is 3.94. The number of hydrogen-bond donors (Lipinski definition) is 0. The van der Waals surface area contributed by atoms with Crippen LogP contribution in [0.2, 0.25) is 0 Å². The largest absolute Gasteiger partial charge is 0.303 e. The Hall–Kier alpha value is 0.440. The lowest BCUT2D eigenvalue weighted by Crippen LogP contribution is -2.32. The molecule has 2 heteroatoms. The van der Waals surface area contributed by atoms with Gasteiger partial charge in [0.15, 0.2) is 0 Å². The lowest BCUT2D eigenvalue weighted by Gasteiger charge is -2.26. The summed E-state index contributed by atoms with van der Waals surface area (Å²) in [6, 6.07) is 0. The number of nitrogens with zero attached hydrogens (tertiary/aromatic N) is 1. The van der Waals surface area contributed by atoms with Crippen molar-refractivity contribution in [3.63, 3.8) is 0 Å². The van der Waals surface area contributed by atoms with Gasteiger partial charge < -0.3 is 4.90 Å². The maximum absolute atomic E-state index is 3.66. The van der Waals surface area contributed by atoms with Gasteiger partial charge in [0.1, 0.15) is 0 Å². The summed E-state index contributed by atoms with van der Waals surface area (Å²) >= 11 is 3.66. The standard InChI is InChI=1S/C14H30BrN/c1-4-7-10-16(11-8-5-2)13-14(12-15)9-6-3/h14H,4-13H2,1-3H3. The minimum Gasteiger partial charge on any atom is -0.303 e. The van der Waals surface area contributed by atoms with E-state index in [9.17, 15) is 0 Å². The summed E-state index contributed by atoms with van der Waals surface area (Å²) in [6.45, 7) is 10.7.